The summed E-state index contributed by atoms with van der Waals surface area (Å²) in [6.07, 6.45) is -4.33. The molecule has 2 N–H and O–H groups in total. The van der Waals surface area contributed by atoms with Gasteiger partial charge >= 0.3 is 23.9 Å². The lowest BCUT2D eigenvalue weighted by Crippen LogP contribution is -2.64. The monoisotopic (exact) mass is 758 g/mol. The van der Waals surface area contributed by atoms with E-state index in [1.807, 2.05) is 49.4 Å². The van der Waals surface area contributed by atoms with Gasteiger partial charge in [0.15, 0.2) is 18.3 Å². The minimum atomic E-state index is -1.83. The lowest BCUT2D eigenvalue weighted by Gasteiger charge is -2.42. The van der Waals surface area contributed by atoms with Gasteiger partial charge in [0.2, 0.25) is 12.4 Å². The Morgan fingerprint density at radius 3 is 2.05 bits per heavy atom. The third-order valence-corrected chi connectivity index (χ3v) is 9.71. The highest BCUT2D eigenvalue weighted by Crippen LogP contribution is 2.38. The van der Waals surface area contributed by atoms with E-state index in [0.717, 1.165) is 79.4 Å². The van der Waals surface area contributed by atoms with Gasteiger partial charge in [-0.2, -0.15) is 0 Å². The molecule has 55 heavy (non-hydrogen) atoms. The van der Waals surface area contributed by atoms with Crippen LogP contribution in [0.4, 0.5) is 0 Å². The number of carboxylic acids is 1. The van der Waals surface area contributed by atoms with Crippen LogP contribution in [0.25, 0.3) is 22.2 Å². The summed E-state index contributed by atoms with van der Waals surface area (Å²) in [6, 6.07) is 20.2. The van der Waals surface area contributed by atoms with Gasteiger partial charge in [-0.1, -0.05) is 18.6 Å². The number of carboxylic acid groups (broad SMARTS) is 1. The number of hydrogen-bond donors (Lipinski definition) is 2. The van der Waals surface area contributed by atoms with Crippen LogP contribution in [0, 0.1) is 6.92 Å². The number of aliphatic carboxylic acids is 1. The molecule has 0 bridgehead atoms. The Balaban J connectivity index is 1.34. The molecule has 2 fully saturated rings. The smallest absolute Gasteiger partial charge is 0.337 e. The minimum Gasteiger partial charge on any atom is -0.508 e. The minimum absolute atomic E-state index is 0.128. The maximum atomic E-state index is 12.3. The molecule has 14 nitrogen and oxygen atoms in total. The second kappa shape index (κ2) is 17.2. The average Bonchev–Trinajstić information content (AvgIpc) is 3.41. The molecule has 2 saturated heterocycles. The number of nitrogens with zero attached hydrogens (tertiary/aromatic N) is 2. The van der Waals surface area contributed by atoms with Crippen LogP contribution in [-0.2, 0) is 44.7 Å². The molecule has 292 valence electrons. The van der Waals surface area contributed by atoms with Gasteiger partial charge in [-0.3, -0.25) is 19.3 Å². The number of aromatic nitrogens is 1. The van der Waals surface area contributed by atoms with E-state index in [2.05, 4.69) is 9.47 Å². The number of aromatic hydroxyl groups is 1. The van der Waals surface area contributed by atoms with Crippen LogP contribution in [-0.4, -0.2) is 101 Å². The highest BCUT2D eigenvalue weighted by atomic mass is 16.7. The first-order valence-corrected chi connectivity index (χ1v) is 18.3. The fourth-order valence-electron chi connectivity index (χ4n) is 7.28. The summed E-state index contributed by atoms with van der Waals surface area (Å²) in [7, 11) is 0. The van der Waals surface area contributed by atoms with Crippen molar-refractivity contribution >= 4 is 34.8 Å². The predicted octanol–water partition coefficient (Wildman–Crippen LogP) is 5.22. The van der Waals surface area contributed by atoms with Crippen molar-refractivity contribution in [1.29, 1.82) is 0 Å². The Bertz CT molecular complexity index is 2000. The fraction of sp³-hybridized carbons (Fsp3) is 0.415. The molecule has 0 spiro atoms. The lowest BCUT2D eigenvalue weighted by atomic mass is 9.97. The zero-order valence-corrected chi connectivity index (χ0v) is 31.3. The van der Waals surface area contributed by atoms with E-state index in [-0.39, 0.29) is 11.5 Å². The van der Waals surface area contributed by atoms with E-state index < -0.39 is 54.6 Å². The summed E-state index contributed by atoms with van der Waals surface area (Å²) in [5.41, 5.74) is 4.49. The Hall–Kier alpha value is -5.60. The zero-order valence-electron chi connectivity index (χ0n) is 31.3. The first-order chi connectivity index (χ1) is 26.4. The Morgan fingerprint density at radius 2 is 1.42 bits per heavy atom. The standard InChI is InChI=1S/C41H46N2O12/c1-24-33-22-32(54-37-36(51-25(2)44)38(40(48)49)55-41(53-27(4)46)39(37)52-26(3)45)16-17-34(33)43(35(24)29-10-12-30(47)13-11-29)23-28-8-14-31(15-9-28)50-21-20-42-18-6-5-7-19-42/h8-17,22,36-39,41,47H,5-7,18-21,23H2,1-4H3,(H,48,49)/t36-,37-,38-,39+,41+/m0/s1. The first kappa shape index (κ1) is 39.1. The molecule has 6 rings (SSSR count). The normalized spacial score (nSPS) is 21.4. The molecule has 3 aromatic carbocycles. The number of carbonyl (C=O) groups excluding carboxylic acids is 3. The van der Waals surface area contributed by atoms with Crippen molar-refractivity contribution < 1.29 is 57.8 Å². The number of piperidine rings is 1. The van der Waals surface area contributed by atoms with Crippen LogP contribution in [0.5, 0.6) is 17.2 Å². The molecular formula is C41H46N2O12. The summed E-state index contributed by atoms with van der Waals surface area (Å²) < 4.78 is 36.2. The molecular weight excluding hydrogens is 712 g/mol. The number of hydrogen-bond acceptors (Lipinski definition) is 12. The zero-order chi connectivity index (χ0) is 39.2. The SMILES string of the molecule is CC(=O)O[C@@H]1O[C@H](C(=O)O)[C@@H](OC(C)=O)[C@H](Oc2ccc3c(c2)c(C)c(-c2ccc(O)cc2)n3Cc2ccc(OCCN3CCCCC3)cc2)[C@H]1OC(C)=O. The number of likely N-dealkylation sites (tertiary alicyclic amines) is 1. The van der Waals surface area contributed by atoms with E-state index in [0.29, 0.717) is 13.2 Å². The highest BCUT2D eigenvalue weighted by Gasteiger charge is 2.55. The second-order valence-electron chi connectivity index (χ2n) is 13.8. The van der Waals surface area contributed by atoms with Gasteiger partial charge in [-0.25, -0.2) is 4.79 Å². The number of ether oxygens (including phenoxy) is 6. The van der Waals surface area contributed by atoms with Gasteiger partial charge in [0.25, 0.3) is 0 Å². The summed E-state index contributed by atoms with van der Waals surface area (Å²) >= 11 is 0. The number of esters is 3. The summed E-state index contributed by atoms with van der Waals surface area (Å²) in [5.74, 6) is -2.83. The van der Waals surface area contributed by atoms with Crippen molar-refractivity contribution in [2.75, 3.05) is 26.2 Å². The maximum Gasteiger partial charge on any atom is 0.337 e. The fourth-order valence-corrected chi connectivity index (χ4v) is 7.28. The van der Waals surface area contributed by atoms with Crippen molar-refractivity contribution in [3.63, 3.8) is 0 Å². The Morgan fingerprint density at radius 1 is 0.782 bits per heavy atom. The molecule has 5 atom stereocenters. The van der Waals surface area contributed by atoms with Crippen LogP contribution in [0.2, 0.25) is 0 Å². The van der Waals surface area contributed by atoms with E-state index in [1.165, 1.54) is 19.3 Å². The number of rotatable bonds is 13. The molecule has 2 aliphatic heterocycles. The summed E-state index contributed by atoms with van der Waals surface area (Å²) in [6.45, 7) is 9.49. The molecule has 0 aliphatic carbocycles. The van der Waals surface area contributed by atoms with Crippen molar-refractivity contribution in [2.45, 2.75) is 84.2 Å². The quantitative estimate of drug-likeness (QED) is 0.134. The van der Waals surface area contributed by atoms with E-state index in [4.69, 9.17) is 28.4 Å². The second-order valence-corrected chi connectivity index (χ2v) is 13.8. The van der Waals surface area contributed by atoms with Gasteiger partial charge < -0.3 is 43.2 Å². The van der Waals surface area contributed by atoms with Crippen LogP contribution in [0.1, 0.15) is 51.2 Å². The van der Waals surface area contributed by atoms with Crippen molar-refractivity contribution in [1.82, 2.24) is 9.47 Å². The molecule has 1 aromatic heterocycles. The molecule has 2 aliphatic rings. The maximum absolute atomic E-state index is 12.3. The van der Waals surface area contributed by atoms with Gasteiger partial charge in [0, 0.05) is 44.8 Å². The van der Waals surface area contributed by atoms with E-state index in [1.54, 1.807) is 24.3 Å². The first-order valence-electron chi connectivity index (χ1n) is 18.3. The topological polar surface area (TPSA) is 172 Å². The molecule has 0 saturated carbocycles. The number of benzene rings is 3. The van der Waals surface area contributed by atoms with Crippen molar-refractivity contribution in [2.24, 2.45) is 0 Å². The number of aryl methyl sites for hydroxylation is 1. The number of fused-ring (bicyclic) bond motifs is 1. The number of phenolic OH excluding ortho intramolecular Hbond substituents is 1. The van der Waals surface area contributed by atoms with Crippen molar-refractivity contribution in [3.05, 3.63) is 77.9 Å². The molecule has 14 heteroatoms. The van der Waals surface area contributed by atoms with E-state index >= 15 is 0 Å². The number of carbonyl (C=O) groups is 4. The predicted molar refractivity (Wildman–Crippen MR) is 199 cm³/mol. The van der Waals surface area contributed by atoms with Crippen LogP contribution >= 0.6 is 0 Å². The summed E-state index contributed by atoms with van der Waals surface area (Å²) in [4.78, 5) is 51.2. The van der Waals surface area contributed by atoms with Crippen LogP contribution < -0.4 is 9.47 Å². The largest absolute Gasteiger partial charge is 0.508 e. The third kappa shape index (κ3) is 9.38. The third-order valence-electron chi connectivity index (χ3n) is 9.71. The molecule has 0 amide bonds. The van der Waals surface area contributed by atoms with Crippen LogP contribution in [0.15, 0.2) is 66.7 Å². The van der Waals surface area contributed by atoms with Gasteiger partial charge in [0.1, 0.15) is 23.9 Å². The molecule has 0 unspecified atom stereocenters. The molecule has 3 heterocycles. The average molecular weight is 759 g/mol. The Kier molecular flexibility index (Phi) is 12.3. The lowest BCUT2D eigenvalue weighted by molar-refractivity contribution is -0.287. The van der Waals surface area contributed by atoms with Gasteiger partial charge in [-0.05, 0) is 104 Å². The Labute approximate surface area is 318 Å². The van der Waals surface area contributed by atoms with Gasteiger partial charge in [-0.15, -0.1) is 0 Å². The van der Waals surface area contributed by atoms with Gasteiger partial charge in [0.05, 0.1) is 5.69 Å². The molecule has 0 radical (unpaired) electrons. The van der Waals surface area contributed by atoms with Crippen molar-refractivity contribution in [3.8, 4) is 28.5 Å². The van der Waals surface area contributed by atoms with E-state index in [9.17, 15) is 29.4 Å². The summed E-state index contributed by atoms with van der Waals surface area (Å²) in [5, 5.41) is 20.9. The van der Waals surface area contributed by atoms with Crippen LogP contribution in [0.3, 0.4) is 0 Å². The number of phenols is 1. The highest BCUT2D eigenvalue weighted by molar-refractivity contribution is 5.92. The molecule has 4 aromatic rings.